The average molecular weight is 213 g/mol. The lowest BCUT2D eigenvalue weighted by Crippen LogP contribution is -2.36. The van der Waals surface area contributed by atoms with Gasteiger partial charge in [-0.05, 0) is 18.5 Å². The number of rotatable bonds is 1. The van der Waals surface area contributed by atoms with Gasteiger partial charge in [-0.3, -0.25) is 0 Å². The number of aromatic carboxylic acids is 1. The zero-order valence-corrected chi connectivity index (χ0v) is 8.01. The van der Waals surface area contributed by atoms with Crippen molar-refractivity contribution in [3.05, 3.63) is 10.6 Å². The summed E-state index contributed by atoms with van der Waals surface area (Å²) in [5.74, 6) is -1.13. The van der Waals surface area contributed by atoms with Gasteiger partial charge in [0.05, 0.1) is 16.6 Å². The van der Waals surface area contributed by atoms with Gasteiger partial charge < -0.3 is 15.7 Å². The standard InChI is InChI=1S/C7H7N3O3S/c1-2-5-3(9-7(13)8-2)4(6(11)12)10-14-5/h2H,1H3,(H,11,12)(H2,8,9,13). The van der Waals surface area contributed by atoms with Crippen LogP contribution in [0.25, 0.3) is 0 Å². The average Bonchev–Trinajstić information content (AvgIpc) is 2.47. The van der Waals surface area contributed by atoms with Gasteiger partial charge in [0, 0.05) is 0 Å². The summed E-state index contributed by atoms with van der Waals surface area (Å²) in [7, 11) is 0. The molecule has 0 bridgehead atoms. The van der Waals surface area contributed by atoms with E-state index in [9.17, 15) is 9.59 Å². The highest BCUT2D eigenvalue weighted by molar-refractivity contribution is 7.06. The van der Waals surface area contributed by atoms with E-state index in [1.54, 1.807) is 6.92 Å². The molecule has 0 saturated carbocycles. The number of carbonyl (C=O) groups is 2. The van der Waals surface area contributed by atoms with E-state index in [2.05, 4.69) is 15.0 Å². The van der Waals surface area contributed by atoms with Gasteiger partial charge in [0.15, 0.2) is 5.69 Å². The number of carboxylic acids is 1. The highest BCUT2D eigenvalue weighted by Gasteiger charge is 2.28. The van der Waals surface area contributed by atoms with E-state index < -0.39 is 12.0 Å². The number of aromatic nitrogens is 1. The summed E-state index contributed by atoms with van der Waals surface area (Å²) in [6.45, 7) is 1.78. The maximum absolute atomic E-state index is 11.1. The fraction of sp³-hybridized carbons (Fsp3) is 0.286. The van der Waals surface area contributed by atoms with E-state index in [4.69, 9.17) is 5.11 Å². The smallest absolute Gasteiger partial charge is 0.357 e. The Morgan fingerprint density at radius 1 is 1.64 bits per heavy atom. The highest BCUT2D eigenvalue weighted by atomic mass is 32.1. The van der Waals surface area contributed by atoms with Crippen molar-refractivity contribution in [3.8, 4) is 0 Å². The molecule has 6 nitrogen and oxygen atoms in total. The van der Waals surface area contributed by atoms with Crippen molar-refractivity contribution in [2.24, 2.45) is 0 Å². The first-order valence-electron chi connectivity index (χ1n) is 3.90. The first-order chi connectivity index (χ1) is 6.59. The van der Waals surface area contributed by atoms with Gasteiger partial charge in [0.25, 0.3) is 0 Å². The molecule has 1 aromatic rings. The normalized spacial score (nSPS) is 19.5. The molecule has 2 amide bonds. The Morgan fingerprint density at radius 3 is 3.00 bits per heavy atom. The lowest BCUT2D eigenvalue weighted by atomic mass is 10.2. The van der Waals surface area contributed by atoms with Crippen LogP contribution in [0.3, 0.4) is 0 Å². The molecule has 0 spiro atoms. The SMILES string of the molecule is CC1NC(=O)Nc2c(C(=O)O)nsc21. The zero-order valence-electron chi connectivity index (χ0n) is 7.20. The molecule has 0 radical (unpaired) electrons. The molecule has 1 atom stereocenters. The Labute approximate surface area is 83.1 Å². The van der Waals surface area contributed by atoms with Crippen molar-refractivity contribution < 1.29 is 14.7 Å². The van der Waals surface area contributed by atoms with E-state index in [0.717, 1.165) is 16.4 Å². The first kappa shape index (κ1) is 8.95. The van der Waals surface area contributed by atoms with E-state index in [1.807, 2.05) is 0 Å². The van der Waals surface area contributed by atoms with Crippen molar-refractivity contribution >= 4 is 29.2 Å². The Hall–Kier alpha value is -1.63. The van der Waals surface area contributed by atoms with Crippen molar-refractivity contribution in [2.45, 2.75) is 13.0 Å². The topological polar surface area (TPSA) is 91.3 Å². The van der Waals surface area contributed by atoms with E-state index in [1.165, 1.54) is 0 Å². The molecule has 2 heterocycles. The quantitative estimate of drug-likeness (QED) is 0.649. The van der Waals surface area contributed by atoms with Crippen LogP contribution in [0.15, 0.2) is 0 Å². The largest absolute Gasteiger partial charge is 0.476 e. The summed E-state index contributed by atoms with van der Waals surface area (Å²) in [5, 5.41) is 13.8. The van der Waals surface area contributed by atoms with E-state index in [-0.39, 0.29) is 11.7 Å². The second kappa shape index (κ2) is 2.95. The molecular formula is C7H7N3O3S. The number of carbonyl (C=O) groups excluding carboxylic acids is 1. The third-order valence-electron chi connectivity index (χ3n) is 1.90. The van der Waals surface area contributed by atoms with Gasteiger partial charge in [-0.2, -0.15) is 4.37 Å². The zero-order chi connectivity index (χ0) is 10.3. The Kier molecular flexibility index (Phi) is 1.88. The second-order valence-electron chi connectivity index (χ2n) is 2.90. The Bertz CT molecular complexity index is 414. The fourth-order valence-electron chi connectivity index (χ4n) is 1.28. The molecule has 2 rings (SSSR count). The van der Waals surface area contributed by atoms with Crippen LogP contribution in [0, 0.1) is 0 Å². The van der Waals surface area contributed by atoms with E-state index >= 15 is 0 Å². The number of nitrogens with zero attached hydrogens (tertiary/aromatic N) is 1. The molecule has 3 N–H and O–H groups in total. The van der Waals surface area contributed by atoms with Crippen LogP contribution in [0.5, 0.6) is 0 Å². The van der Waals surface area contributed by atoms with Crippen LogP contribution < -0.4 is 10.6 Å². The maximum atomic E-state index is 11.1. The number of hydrogen-bond donors (Lipinski definition) is 3. The second-order valence-corrected chi connectivity index (χ2v) is 3.70. The lowest BCUT2D eigenvalue weighted by molar-refractivity contribution is 0.0693. The number of urea groups is 1. The minimum atomic E-state index is -1.13. The van der Waals surface area contributed by atoms with Crippen molar-refractivity contribution in [2.75, 3.05) is 5.32 Å². The molecule has 1 aliphatic heterocycles. The van der Waals surface area contributed by atoms with Gasteiger partial charge >= 0.3 is 12.0 Å². The van der Waals surface area contributed by atoms with Gasteiger partial charge in [-0.1, -0.05) is 0 Å². The van der Waals surface area contributed by atoms with E-state index in [0.29, 0.717) is 5.69 Å². The molecule has 0 aliphatic carbocycles. The van der Waals surface area contributed by atoms with Crippen molar-refractivity contribution in [1.82, 2.24) is 9.69 Å². The highest BCUT2D eigenvalue weighted by Crippen LogP contribution is 2.33. The van der Waals surface area contributed by atoms with Crippen molar-refractivity contribution in [3.63, 3.8) is 0 Å². The summed E-state index contributed by atoms with van der Waals surface area (Å²) >= 11 is 1.08. The number of hydrogen-bond acceptors (Lipinski definition) is 4. The Morgan fingerprint density at radius 2 is 2.36 bits per heavy atom. The predicted octanol–water partition coefficient (Wildman–Crippen LogP) is 1.04. The monoisotopic (exact) mass is 213 g/mol. The molecule has 1 aliphatic rings. The Balaban J connectivity index is 2.51. The van der Waals surface area contributed by atoms with Gasteiger partial charge in [-0.15, -0.1) is 0 Å². The summed E-state index contributed by atoms with van der Waals surface area (Å²) < 4.78 is 3.77. The third kappa shape index (κ3) is 1.22. The summed E-state index contributed by atoms with van der Waals surface area (Å²) in [4.78, 5) is 22.5. The number of nitrogens with one attached hydrogen (secondary N) is 2. The minimum Gasteiger partial charge on any atom is -0.476 e. The number of amides is 2. The van der Waals surface area contributed by atoms with Crippen LogP contribution in [0.1, 0.15) is 28.3 Å². The van der Waals surface area contributed by atoms with Crippen LogP contribution in [0.2, 0.25) is 0 Å². The van der Waals surface area contributed by atoms with Crippen molar-refractivity contribution in [1.29, 1.82) is 0 Å². The molecule has 14 heavy (non-hydrogen) atoms. The molecule has 0 saturated heterocycles. The number of anilines is 1. The molecule has 0 aromatic carbocycles. The van der Waals surface area contributed by atoms with Gasteiger partial charge in [0.2, 0.25) is 0 Å². The molecule has 7 heteroatoms. The van der Waals surface area contributed by atoms with Crippen LogP contribution in [-0.4, -0.2) is 21.5 Å². The minimum absolute atomic E-state index is 0.0910. The molecule has 1 unspecified atom stereocenters. The summed E-state index contributed by atoms with van der Waals surface area (Å²) in [6.07, 6.45) is 0. The maximum Gasteiger partial charge on any atom is 0.357 e. The lowest BCUT2D eigenvalue weighted by Gasteiger charge is -2.20. The molecular weight excluding hydrogens is 206 g/mol. The third-order valence-corrected chi connectivity index (χ3v) is 2.93. The van der Waals surface area contributed by atoms with Crippen LogP contribution >= 0.6 is 11.5 Å². The summed E-state index contributed by atoms with van der Waals surface area (Å²) in [5.41, 5.74) is 0.227. The van der Waals surface area contributed by atoms with Gasteiger partial charge in [-0.25, -0.2) is 9.59 Å². The molecule has 1 aromatic heterocycles. The molecule has 74 valence electrons. The predicted molar refractivity (Wildman–Crippen MR) is 49.6 cm³/mol. The molecule has 0 fully saturated rings. The van der Waals surface area contributed by atoms with Crippen LogP contribution in [-0.2, 0) is 0 Å². The summed E-state index contributed by atoms with van der Waals surface area (Å²) in [6, 6.07) is -0.586. The van der Waals surface area contributed by atoms with Crippen LogP contribution in [0.4, 0.5) is 10.5 Å². The van der Waals surface area contributed by atoms with Gasteiger partial charge in [0.1, 0.15) is 0 Å². The fourth-order valence-corrected chi connectivity index (χ4v) is 2.09. The number of fused-ring (bicyclic) bond motifs is 1. The number of carboxylic acid groups (broad SMARTS) is 1. The first-order valence-corrected chi connectivity index (χ1v) is 4.67.